The van der Waals surface area contributed by atoms with Gasteiger partial charge in [0.05, 0.1) is 5.02 Å². The Morgan fingerprint density at radius 1 is 1.38 bits per heavy atom. The van der Waals surface area contributed by atoms with Gasteiger partial charge in [-0.2, -0.15) is 0 Å². The molecule has 1 nitrogen and oxygen atoms in total. The lowest BCUT2D eigenvalue weighted by atomic mass is 9.95. The molecule has 1 aromatic rings. The van der Waals surface area contributed by atoms with E-state index in [0.717, 1.165) is 5.56 Å². The molecule has 13 heavy (non-hydrogen) atoms. The molecule has 0 aromatic heterocycles. The van der Waals surface area contributed by atoms with Gasteiger partial charge in [0.15, 0.2) is 0 Å². The van der Waals surface area contributed by atoms with E-state index in [0.29, 0.717) is 0 Å². The monoisotopic (exact) mass is 201 g/mol. The highest BCUT2D eigenvalue weighted by atomic mass is 35.5. The molecule has 0 fully saturated rings. The number of rotatable bonds is 2. The predicted octanol–water partition coefficient (Wildman–Crippen LogP) is 2.93. The molecule has 2 N–H and O–H groups in total. The topological polar surface area (TPSA) is 26.0 Å². The molecule has 0 amide bonds. The van der Waals surface area contributed by atoms with Crippen LogP contribution in [0.2, 0.25) is 5.02 Å². The largest absolute Gasteiger partial charge is 0.327 e. The van der Waals surface area contributed by atoms with Crippen molar-refractivity contribution in [1.29, 1.82) is 0 Å². The SMILES string of the molecule is CC(N)C(C)c1ccc(F)c(Cl)c1. The molecule has 0 spiro atoms. The Hall–Kier alpha value is -0.600. The van der Waals surface area contributed by atoms with Gasteiger partial charge in [-0.15, -0.1) is 0 Å². The number of halogens is 2. The van der Waals surface area contributed by atoms with Crippen LogP contribution in [0.15, 0.2) is 18.2 Å². The highest BCUT2D eigenvalue weighted by Gasteiger charge is 2.11. The Balaban J connectivity index is 2.97. The second kappa shape index (κ2) is 4.07. The fraction of sp³-hybridized carbons (Fsp3) is 0.400. The number of hydrogen-bond acceptors (Lipinski definition) is 1. The van der Waals surface area contributed by atoms with Gasteiger partial charge in [0.2, 0.25) is 0 Å². The summed E-state index contributed by atoms with van der Waals surface area (Å²) in [5, 5.41) is 0.157. The van der Waals surface area contributed by atoms with Gasteiger partial charge in [0, 0.05) is 6.04 Å². The van der Waals surface area contributed by atoms with Gasteiger partial charge in [0.25, 0.3) is 0 Å². The lowest BCUT2D eigenvalue weighted by Gasteiger charge is -2.15. The van der Waals surface area contributed by atoms with Crippen molar-refractivity contribution in [3.63, 3.8) is 0 Å². The summed E-state index contributed by atoms with van der Waals surface area (Å²) >= 11 is 5.65. The molecule has 0 aliphatic heterocycles. The Labute approximate surface area is 82.7 Å². The number of nitrogens with two attached hydrogens (primary N) is 1. The van der Waals surface area contributed by atoms with E-state index in [1.807, 2.05) is 13.8 Å². The second-order valence-corrected chi connectivity index (χ2v) is 3.73. The Morgan fingerprint density at radius 2 is 2.00 bits per heavy atom. The summed E-state index contributed by atoms with van der Waals surface area (Å²) < 4.78 is 12.8. The number of benzene rings is 1. The van der Waals surface area contributed by atoms with Crippen LogP contribution < -0.4 is 5.73 Å². The van der Waals surface area contributed by atoms with Crippen LogP contribution in [0.5, 0.6) is 0 Å². The lowest BCUT2D eigenvalue weighted by Crippen LogP contribution is -2.22. The first kappa shape index (κ1) is 10.5. The van der Waals surface area contributed by atoms with Crippen molar-refractivity contribution in [2.75, 3.05) is 0 Å². The average Bonchev–Trinajstić information content (AvgIpc) is 2.08. The molecule has 1 rings (SSSR count). The van der Waals surface area contributed by atoms with E-state index < -0.39 is 0 Å². The van der Waals surface area contributed by atoms with Crippen LogP contribution in [0.25, 0.3) is 0 Å². The van der Waals surface area contributed by atoms with Crippen LogP contribution in [0, 0.1) is 5.82 Å². The van der Waals surface area contributed by atoms with Crippen LogP contribution in [-0.2, 0) is 0 Å². The van der Waals surface area contributed by atoms with Gasteiger partial charge >= 0.3 is 0 Å². The smallest absolute Gasteiger partial charge is 0.141 e. The first-order valence-corrected chi connectivity index (χ1v) is 4.60. The van der Waals surface area contributed by atoms with E-state index in [2.05, 4.69) is 0 Å². The highest BCUT2D eigenvalue weighted by Crippen LogP contribution is 2.23. The predicted molar refractivity (Wildman–Crippen MR) is 53.5 cm³/mol. The van der Waals surface area contributed by atoms with E-state index in [-0.39, 0.29) is 22.8 Å². The fourth-order valence-corrected chi connectivity index (χ4v) is 1.29. The van der Waals surface area contributed by atoms with Gasteiger partial charge in [-0.1, -0.05) is 24.6 Å². The normalized spacial score (nSPS) is 15.5. The Kier molecular flexibility index (Phi) is 3.28. The summed E-state index contributed by atoms with van der Waals surface area (Å²) in [7, 11) is 0. The molecule has 0 saturated carbocycles. The summed E-state index contributed by atoms with van der Waals surface area (Å²) in [4.78, 5) is 0. The minimum atomic E-state index is -0.387. The molecule has 2 atom stereocenters. The Bertz CT molecular complexity index is 299. The van der Waals surface area contributed by atoms with E-state index in [1.54, 1.807) is 12.1 Å². The summed E-state index contributed by atoms with van der Waals surface area (Å²) in [6.45, 7) is 3.91. The Morgan fingerprint density at radius 3 is 2.46 bits per heavy atom. The van der Waals surface area contributed by atoms with Crippen molar-refractivity contribution in [2.45, 2.75) is 25.8 Å². The van der Waals surface area contributed by atoms with Crippen molar-refractivity contribution in [3.05, 3.63) is 34.6 Å². The highest BCUT2D eigenvalue weighted by molar-refractivity contribution is 6.30. The third-order valence-electron chi connectivity index (χ3n) is 2.26. The fourth-order valence-electron chi connectivity index (χ4n) is 1.10. The molecule has 1 aromatic carbocycles. The molecule has 0 bridgehead atoms. The summed E-state index contributed by atoms with van der Waals surface area (Å²) in [5.41, 5.74) is 6.69. The van der Waals surface area contributed by atoms with Crippen LogP contribution in [0.3, 0.4) is 0 Å². The maximum Gasteiger partial charge on any atom is 0.141 e. The van der Waals surface area contributed by atoms with Crippen LogP contribution in [0.4, 0.5) is 4.39 Å². The molecule has 0 saturated heterocycles. The van der Waals surface area contributed by atoms with Crippen LogP contribution in [-0.4, -0.2) is 6.04 Å². The van der Waals surface area contributed by atoms with Gasteiger partial charge in [-0.3, -0.25) is 0 Å². The van der Waals surface area contributed by atoms with Gasteiger partial charge in [-0.25, -0.2) is 4.39 Å². The molecule has 72 valence electrons. The third-order valence-corrected chi connectivity index (χ3v) is 2.55. The molecule has 0 radical (unpaired) electrons. The first-order chi connectivity index (χ1) is 6.02. The molecule has 3 heteroatoms. The molecular formula is C10H13ClFN. The minimum Gasteiger partial charge on any atom is -0.327 e. The summed E-state index contributed by atoms with van der Waals surface area (Å²) in [6.07, 6.45) is 0. The minimum absolute atomic E-state index is 0.0431. The van der Waals surface area contributed by atoms with Crippen molar-refractivity contribution >= 4 is 11.6 Å². The molecule has 0 aliphatic rings. The molecule has 2 unspecified atom stereocenters. The van der Waals surface area contributed by atoms with Gasteiger partial charge < -0.3 is 5.73 Å². The van der Waals surface area contributed by atoms with E-state index in [4.69, 9.17) is 17.3 Å². The second-order valence-electron chi connectivity index (χ2n) is 3.32. The van der Waals surface area contributed by atoms with Crippen LogP contribution >= 0.6 is 11.6 Å². The zero-order valence-electron chi connectivity index (χ0n) is 7.72. The molecule has 0 aliphatic carbocycles. The van der Waals surface area contributed by atoms with Crippen molar-refractivity contribution in [1.82, 2.24) is 0 Å². The van der Waals surface area contributed by atoms with E-state index >= 15 is 0 Å². The zero-order chi connectivity index (χ0) is 10.0. The number of hydrogen-bond donors (Lipinski definition) is 1. The molecule has 0 heterocycles. The molecular weight excluding hydrogens is 189 g/mol. The van der Waals surface area contributed by atoms with E-state index in [1.165, 1.54) is 6.07 Å². The van der Waals surface area contributed by atoms with Crippen molar-refractivity contribution in [2.24, 2.45) is 5.73 Å². The van der Waals surface area contributed by atoms with E-state index in [9.17, 15) is 4.39 Å². The zero-order valence-corrected chi connectivity index (χ0v) is 8.48. The standard InChI is InChI=1S/C10H13ClFN/c1-6(7(2)13)8-3-4-10(12)9(11)5-8/h3-7H,13H2,1-2H3. The average molecular weight is 202 g/mol. The van der Waals surface area contributed by atoms with Crippen molar-refractivity contribution in [3.8, 4) is 0 Å². The first-order valence-electron chi connectivity index (χ1n) is 4.23. The quantitative estimate of drug-likeness (QED) is 0.783. The third kappa shape index (κ3) is 2.42. The maximum absolute atomic E-state index is 12.8. The lowest BCUT2D eigenvalue weighted by molar-refractivity contribution is 0.603. The summed E-state index contributed by atoms with van der Waals surface area (Å²) in [5.74, 6) is -0.194. The van der Waals surface area contributed by atoms with Crippen molar-refractivity contribution < 1.29 is 4.39 Å². The summed E-state index contributed by atoms with van der Waals surface area (Å²) in [6, 6.07) is 4.76. The van der Waals surface area contributed by atoms with Gasteiger partial charge in [0.1, 0.15) is 5.82 Å². The maximum atomic E-state index is 12.8. The van der Waals surface area contributed by atoms with Crippen LogP contribution in [0.1, 0.15) is 25.3 Å². The van der Waals surface area contributed by atoms with Gasteiger partial charge in [-0.05, 0) is 30.5 Å².